The van der Waals surface area contributed by atoms with E-state index in [1.54, 1.807) is 17.4 Å². The van der Waals surface area contributed by atoms with E-state index in [0.29, 0.717) is 5.75 Å². The normalized spacial score (nSPS) is 11.4. The lowest BCUT2D eigenvalue weighted by atomic mass is 10.1. The molecule has 1 nitrogen and oxygen atoms in total. The molecule has 1 heterocycles. The molecule has 3 heteroatoms. The molecular weight excluding hydrogens is 252 g/mol. The molecule has 0 unspecified atom stereocenters. The SMILES string of the molecule is CCc1c(O)ccc2c1sc1cc(Cl)ccc12. The number of hydrogen-bond acceptors (Lipinski definition) is 2. The van der Waals surface area contributed by atoms with Crippen molar-refractivity contribution in [2.75, 3.05) is 0 Å². The van der Waals surface area contributed by atoms with Gasteiger partial charge in [0.1, 0.15) is 5.75 Å². The summed E-state index contributed by atoms with van der Waals surface area (Å²) in [5.74, 6) is 0.387. The zero-order valence-corrected chi connectivity index (χ0v) is 10.9. The molecule has 0 atom stereocenters. The smallest absolute Gasteiger partial charge is 0.120 e. The summed E-state index contributed by atoms with van der Waals surface area (Å²) in [5.41, 5.74) is 1.03. The molecule has 2 aromatic carbocycles. The Kier molecular flexibility index (Phi) is 2.49. The maximum absolute atomic E-state index is 9.87. The maximum Gasteiger partial charge on any atom is 0.120 e. The van der Waals surface area contributed by atoms with E-state index in [4.69, 9.17) is 11.6 Å². The highest BCUT2D eigenvalue weighted by Gasteiger charge is 2.11. The first-order valence-corrected chi connectivity index (χ1v) is 6.72. The van der Waals surface area contributed by atoms with Crippen LogP contribution in [0.25, 0.3) is 20.2 Å². The first-order valence-electron chi connectivity index (χ1n) is 5.53. The Morgan fingerprint density at radius 3 is 2.71 bits per heavy atom. The maximum atomic E-state index is 9.87. The third-order valence-corrected chi connectivity index (χ3v) is 4.50. The topological polar surface area (TPSA) is 20.2 Å². The molecule has 1 N–H and O–H groups in total. The second-order valence-electron chi connectivity index (χ2n) is 4.04. The van der Waals surface area contributed by atoms with Crippen molar-refractivity contribution in [3.63, 3.8) is 0 Å². The number of benzene rings is 2. The number of phenols is 1. The van der Waals surface area contributed by atoms with Crippen LogP contribution in [0.5, 0.6) is 5.75 Å². The molecule has 17 heavy (non-hydrogen) atoms. The number of fused-ring (bicyclic) bond motifs is 3. The van der Waals surface area contributed by atoms with Crippen LogP contribution in [-0.4, -0.2) is 5.11 Å². The molecule has 0 spiro atoms. The Morgan fingerprint density at radius 2 is 1.94 bits per heavy atom. The Balaban J connectivity index is 2.50. The van der Waals surface area contributed by atoms with E-state index in [0.717, 1.165) is 17.0 Å². The number of hydrogen-bond donors (Lipinski definition) is 1. The average Bonchev–Trinajstić information content (AvgIpc) is 2.66. The molecular formula is C14H11ClOS. The van der Waals surface area contributed by atoms with Gasteiger partial charge in [0.2, 0.25) is 0 Å². The molecule has 0 aliphatic carbocycles. The number of aryl methyl sites for hydroxylation is 1. The van der Waals surface area contributed by atoms with Gasteiger partial charge in [-0.2, -0.15) is 0 Å². The van der Waals surface area contributed by atoms with Crippen LogP contribution in [-0.2, 0) is 6.42 Å². The van der Waals surface area contributed by atoms with E-state index in [2.05, 4.69) is 6.92 Å². The molecule has 0 saturated heterocycles. The summed E-state index contributed by atoms with van der Waals surface area (Å²) in [4.78, 5) is 0. The molecule has 0 amide bonds. The van der Waals surface area contributed by atoms with Crippen molar-refractivity contribution in [1.82, 2.24) is 0 Å². The van der Waals surface area contributed by atoms with Crippen molar-refractivity contribution >= 4 is 43.1 Å². The summed E-state index contributed by atoms with van der Waals surface area (Å²) in [6.07, 6.45) is 0.837. The monoisotopic (exact) mass is 262 g/mol. The van der Waals surface area contributed by atoms with Gasteiger partial charge in [-0.25, -0.2) is 0 Å². The summed E-state index contributed by atoms with van der Waals surface area (Å²) in [5, 5.41) is 13.0. The summed E-state index contributed by atoms with van der Waals surface area (Å²) < 4.78 is 2.34. The minimum Gasteiger partial charge on any atom is -0.508 e. The van der Waals surface area contributed by atoms with Crippen LogP contribution in [0.1, 0.15) is 12.5 Å². The van der Waals surface area contributed by atoms with Crippen molar-refractivity contribution < 1.29 is 5.11 Å². The van der Waals surface area contributed by atoms with Gasteiger partial charge in [-0.05, 0) is 30.7 Å². The Morgan fingerprint density at radius 1 is 1.18 bits per heavy atom. The molecule has 86 valence electrons. The van der Waals surface area contributed by atoms with Crippen molar-refractivity contribution in [1.29, 1.82) is 0 Å². The Labute approximate surface area is 108 Å². The van der Waals surface area contributed by atoms with Gasteiger partial charge in [0, 0.05) is 30.8 Å². The zero-order valence-electron chi connectivity index (χ0n) is 9.33. The van der Waals surface area contributed by atoms with Crippen LogP contribution in [0.15, 0.2) is 30.3 Å². The molecule has 0 fully saturated rings. The van der Waals surface area contributed by atoms with E-state index in [-0.39, 0.29) is 0 Å². The minimum absolute atomic E-state index is 0.387. The molecule has 0 bridgehead atoms. The predicted octanol–water partition coefficient (Wildman–Crippen LogP) is 4.98. The molecule has 1 aromatic heterocycles. The fourth-order valence-corrected chi connectivity index (χ4v) is 3.79. The largest absolute Gasteiger partial charge is 0.508 e. The van der Waals surface area contributed by atoms with Crippen LogP contribution in [0, 0.1) is 0 Å². The summed E-state index contributed by atoms with van der Waals surface area (Å²) in [6.45, 7) is 2.06. The fraction of sp³-hybridized carbons (Fsp3) is 0.143. The van der Waals surface area contributed by atoms with Gasteiger partial charge < -0.3 is 5.11 Å². The first kappa shape index (κ1) is 10.9. The van der Waals surface area contributed by atoms with Crippen LogP contribution >= 0.6 is 22.9 Å². The lowest BCUT2D eigenvalue weighted by molar-refractivity contribution is 0.470. The lowest BCUT2D eigenvalue weighted by Gasteiger charge is -2.02. The Hall–Kier alpha value is -1.25. The van der Waals surface area contributed by atoms with Crippen molar-refractivity contribution in [3.05, 3.63) is 40.9 Å². The molecule has 0 aliphatic rings. The van der Waals surface area contributed by atoms with Crippen LogP contribution in [0.2, 0.25) is 5.02 Å². The van der Waals surface area contributed by atoms with E-state index >= 15 is 0 Å². The summed E-state index contributed by atoms with van der Waals surface area (Å²) >= 11 is 7.71. The highest BCUT2D eigenvalue weighted by atomic mass is 35.5. The van der Waals surface area contributed by atoms with Crippen LogP contribution < -0.4 is 0 Å². The minimum atomic E-state index is 0.387. The lowest BCUT2D eigenvalue weighted by Crippen LogP contribution is -1.80. The van der Waals surface area contributed by atoms with Gasteiger partial charge in [-0.3, -0.25) is 0 Å². The Bertz CT molecular complexity index is 715. The second kappa shape index (κ2) is 3.90. The number of halogens is 1. The molecule has 3 rings (SSSR count). The van der Waals surface area contributed by atoms with Gasteiger partial charge in [-0.1, -0.05) is 24.6 Å². The van der Waals surface area contributed by atoms with Gasteiger partial charge in [-0.15, -0.1) is 11.3 Å². The highest BCUT2D eigenvalue weighted by molar-refractivity contribution is 7.26. The number of aromatic hydroxyl groups is 1. The van der Waals surface area contributed by atoms with E-state index in [1.165, 1.54) is 20.2 Å². The first-order chi connectivity index (χ1) is 8.20. The standard InChI is InChI=1S/C14H11ClOS/c1-2-9-12(16)6-5-11-10-4-3-8(15)7-13(10)17-14(9)11/h3-7,16H,2H2,1H3. The van der Waals surface area contributed by atoms with E-state index in [9.17, 15) is 5.11 Å². The van der Waals surface area contributed by atoms with Crippen LogP contribution in [0.4, 0.5) is 0 Å². The van der Waals surface area contributed by atoms with Crippen LogP contribution in [0.3, 0.4) is 0 Å². The van der Waals surface area contributed by atoms with E-state index < -0.39 is 0 Å². The highest BCUT2D eigenvalue weighted by Crippen LogP contribution is 2.40. The quantitative estimate of drug-likeness (QED) is 0.656. The summed E-state index contributed by atoms with van der Waals surface area (Å²) in [6, 6.07) is 9.71. The third kappa shape index (κ3) is 1.60. The zero-order chi connectivity index (χ0) is 12.0. The van der Waals surface area contributed by atoms with Crippen molar-refractivity contribution in [2.45, 2.75) is 13.3 Å². The molecule has 3 aromatic rings. The van der Waals surface area contributed by atoms with Crippen molar-refractivity contribution in [2.24, 2.45) is 0 Å². The average molecular weight is 263 g/mol. The molecule has 0 saturated carbocycles. The fourth-order valence-electron chi connectivity index (χ4n) is 2.20. The number of phenolic OH excluding ortho intramolecular Hbond substituents is 1. The molecule has 0 aliphatic heterocycles. The molecule has 0 radical (unpaired) electrons. The van der Waals surface area contributed by atoms with E-state index in [1.807, 2.05) is 24.3 Å². The summed E-state index contributed by atoms with van der Waals surface area (Å²) in [7, 11) is 0. The van der Waals surface area contributed by atoms with Gasteiger partial charge in [0.25, 0.3) is 0 Å². The van der Waals surface area contributed by atoms with Gasteiger partial charge in [0.05, 0.1) is 0 Å². The number of thiophene rings is 1. The second-order valence-corrected chi connectivity index (χ2v) is 5.52. The predicted molar refractivity (Wildman–Crippen MR) is 75.4 cm³/mol. The number of rotatable bonds is 1. The van der Waals surface area contributed by atoms with Gasteiger partial charge in [0.15, 0.2) is 0 Å². The van der Waals surface area contributed by atoms with Gasteiger partial charge >= 0.3 is 0 Å². The van der Waals surface area contributed by atoms with Crippen molar-refractivity contribution in [3.8, 4) is 5.75 Å². The third-order valence-electron chi connectivity index (χ3n) is 3.04.